The lowest BCUT2D eigenvalue weighted by Gasteiger charge is -2.10. The normalized spacial score (nSPS) is 11.7. The molecule has 4 heteroatoms. The van der Waals surface area contributed by atoms with Crippen LogP contribution in [0.2, 0.25) is 0 Å². The first-order valence-electron chi connectivity index (χ1n) is 18.2. The molecule has 54 heavy (non-hydrogen) atoms. The summed E-state index contributed by atoms with van der Waals surface area (Å²) in [5.74, 6) is 0.671. The van der Waals surface area contributed by atoms with Crippen LogP contribution in [0.4, 0.5) is 0 Å². The van der Waals surface area contributed by atoms with Crippen LogP contribution in [0.5, 0.6) is 0 Å². The molecule has 3 aromatic heterocycles. The van der Waals surface area contributed by atoms with Crippen LogP contribution in [0.15, 0.2) is 192 Å². The van der Waals surface area contributed by atoms with Crippen molar-refractivity contribution in [3.63, 3.8) is 0 Å². The zero-order chi connectivity index (χ0) is 35.6. The lowest BCUT2D eigenvalue weighted by Crippen LogP contribution is -1.94. The van der Waals surface area contributed by atoms with Gasteiger partial charge in [-0.2, -0.15) is 0 Å². The standard InChI is InChI=1S/C50H31N3O/c1-3-12-32(13-4-1)34-16-11-17-39(29-34)47-49-48(52-50(51-47)33-14-5-2-6-15-33)43-27-25-38(31-46(43)54-49)35-22-23-37-30-40(26-24-36(37)28-35)53-44-20-9-7-18-41(44)42-19-8-10-21-45(42)53/h1-31H. The molecule has 8 aromatic carbocycles. The van der Waals surface area contributed by atoms with Crippen LogP contribution >= 0.6 is 0 Å². The molecule has 0 bridgehead atoms. The van der Waals surface area contributed by atoms with Crippen molar-refractivity contribution in [3.05, 3.63) is 188 Å². The second kappa shape index (κ2) is 12.1. The molecule has 0 radical (unpaired) electrons. The van der Waals surface area contributed by atoms with E-state index in [1.807, 2.05) is 24.3 Å². The van der Waals surface area contributed by atoms with Gasteiger partial charge in [0.1, 0.15) is 16.8 Å². The smallest absolute Gasteiger partial charge is 0.180 e. The van der Waals surface area contributed by atoms with E-state index in [-0.39, 0.29) is 0 Å². The Morgan fingerprint density at radius 2 is 0.981 bits per heavy atom. The molecule has 4 nitrogen and oxygen atoms in total. The molecule has 0 aliphatic carbocycles. The van der Waals surface area contributed by atoms with Crippen molar-refractivity contribution < 1.29 is 4.42 Å². The minimum atomic E-state index is 0.671. The molecular weight excluding hydrogens is 659 g/mol. The predicted molar refractivity (Wildman–Crippen MR) is 223 cm³/mol. The van der Waals surface area contributed by atoms with Gasteiger partial charge >= 0.3 is 0 Å². The number of furan rings is 1. The minimum Gasteiger partial charge on any atom is -0.452 e. The Morgan fingerprint density at radius 1 is 0.389 bits per heavy atom. The Hall–Kier alpha value is -7.30. The van der Waals surface area contributed by atoms with Crippen LogP contribution < -0.4 is 0 Å². The van der Waals surface area contributed by atoms with E-state index in [9.17, 15) is 0 Å². The number of aromatic nitrogens is 3. The van der Waals surface area contributed by atoms with E-state index >= 15 is 0 Å². The van der Waals surface area contributed by atoms with Crippen LogP contribution in [-0.4, -0.2) is 14.5 Å². The average molecular weight is 690 g/mol. The summed E-state index contributed by atoms with van der Waals surface area (Å²) in [7, 11) is 0. The first-order valence-corrected chi connectivity index (χ1v) is 18.2. The Balaban J connectivity index is 1.02. The van der Waals surface area contributed by atoms with Crippen LogP contribution in [-0.2, 0) is 0 Å². The fourth-order valence-electron chi connectivity index (χ4n) is 7.96. The van der Waals surface area contributed by atoms with Gasteiger partial charge in [0.15, 0.2) is 11.4 Å². The van der Waals surface area contributed by atoms with Crippen molar-refractivity contribution in [2.24, 2.45) is 0 Å². The van der Waals surface area contributed by atoms with Gasteiger partial charge in [-0.15, -0.1) is 0 Å². The minimum absolute atomic E-state index is 0.671. The zero-order valence-electron chi connectivity index (χ0n) is 29.1. The lowest BCUT2D eigenvalue weighted by atomic mass is 9.99. The van der Waals surface area contributed by atoms with Crippen LogP contribution in [0.25, 0.3) is 105 Å². The largest absolute Gasteiger partial charge is 0.452 e. The van der Waals surface area contributed by atoms with Crippen LogP contribution in [0.3, 0.4) is 0 Å². The van der Waals surface area contributed by atoms with E-state index < -0.39 is 0 Å². The van der Waals surface area contributed by atoms with Gasteiger partial charge in [-0.1, -0.05) is 140 Å². The Bertz CT molecular complexity index is 3160. The van der Waals surface area contributed by atoms with Gasteiger partial charge in [-0.05, 0) is 81.6 Å². The van der Waals surface area contributed by atoms with Crippen molar-refractivity contribution >= 4 is 54.6 Å². The van der Waals surface area contributed by atoms with E-state index in [4.69, 9.17) is 14.4 Å². The number of rotatable bonds is 5. The molecule has 0 unspecified atom stereocenters. The van der Waals surface area contributed by atoms with E-state index in [1.165, 1.54) is 32.6 Å². The number of fused-ring (bicyclic) bond motifs is 7. The third-order valence-corrected chi connectivity index (χ3v) is 10.6. The fraction of sp³-hybridized carbons (Fsp3) is 0. The fourth-order valence-corrected chi connectivity index (χ4v) is 7.96. The van der Waals surface area contributed by atoms with Crippen molar-refractivity contribution in [3.8, 4) is 50.6 Å². The molecule has 0 saturated heterocycles. The molecule has 0 fully saturated rings. The maximum atomic E-state index is 6.72. The van der Waals surface area contributed by atoms with E-state index in [0.717, 1.165) is 61.2 Å². The summed E-state index contributed by atoms with van der Waals surface area (Å²) >= 11 is 0. The predicted octanol–water partition coefficient (Wildman–Crippen LogP) is 13.3. The third-order valence-electron chi connectivity index (χ3n) is 10.6. The molecule has 0 N–H and O–H groups in total. The molecule has 0 saturated carbocycles. The zero-order valence-corrected chi connectivity index (χ0v) is 29.1. The van der Waals surface area contributed by atoms with Gasteiger partial charge < -0.3 is 8.98 Å². The van der Waals surface area contributed by atoms with Crippen molar-refractivity contribution in [1.29, 1.82) is 0 Å². The SMILES string of the molecule is c1ccc(-c2cccc(-c3nc(-c4ccccc4)nc4c3oc3cc(-c5ccc6cc(-n7c8ccccc8c8ccccc87)ccc6c5)ccc34)c2)cc1. The number of hydrogen-bond donors (Lipinski definition) is 0. The molecule has 0 aliphatic heterocycles. The van der Waals surface area contributed by atoms with E-state index in [2.05, 4.69) is 168 Å². The highest BCUT2D eigenvalue weighted by atomic mass is 16.3. The molecule has 3 heterocycles. The molecule has 0 aliphatic rings. The first kappa shape index (κ1) is 30.3. The van der Waals surface area contributed by atoms with Gasteiger partial charge in [-0.25, -0.2) is 9.97 Å². The number of nitrogens with zero attached hydrogens (tertiary/aromatic N) is 3. The summed E-state index contributed by atoms with van der Waals surface area (Å²) < 4.78 is 9.09. The van der Waals surface area contributed by atoms with Gasteiger partial charge in [0.25, 0.3) is 0 Å². The van der Waals surface area contributed by atoms with Crippen molar-refractivity contribution in [2.75, 3.05) is 0 Å². The highest BCUT2D eigenvalue weighted by Crippen LogP contribution is 2.39. The lowest BCUT2D eigenvalue weighted by molar-refractivity contribution is 0.667. The molecule has 11 aromatic rings. The van der Waals surface area contributed by atoms with Crippen molar-refractivity contribution in [1.82, 2.24) is 14.5 Å². The summed E-state index contributed by atoms with van der Waals surface area (Å²) in [4.78, 5) is 10.2. The topological polar surface area (TPSA) is 43.9 Å². The molecule has 0 atom stereocenters. The van der Waals surface area contributed by atoms with Gasteiger partial charge in [0, 0.05) is 33.0 Å². The summed E-state index contributed by atoms with van der Waals surface area (Å²) in [5.41, 5.74) is 13.0. The number of para-hydroxylation sites is 2. The maximum absolute atomic E-state index is 6.72. The Labute approximate surface area is 311 Å². The first-order chi connectivity index (χ1) is 26.7. The second-order valence-corrected chi connectivity index (χ2v) is 13.8. The molecule has 11 rings (SSSR count). The Morgan fingerprint density at radius 3 is 1.76 bits per heavy atom. The quantitative estimate of drug-likeness (QED) is 0.181. The monoisotopic (exact) mass is 689 g/mol. The summed E-state index contributed by atoms with van der Waals surface area (Å²) in [6.45, 7) is 0. The van der Waals surface area contributed by atoms with Gasteiger partial charge in [0.05, 0.1) is 11.0 Å². The molecule has 0 amide bonds. The van der Waals surface area contributed by atoms with E-state index in [1.54, 1.807) is 0 Å². The summed E-state index contributed by atoms with van der Waals surface area (Å²) in [6, 6.07) is 66.3. The summed E-state index contributed by atoms with van der Waals surface area (Å²) in [6.07, 6.45) is 0. The Kier molecular flexibility index (Phi) is 6.82. The van der Waals surface area contributed by atoms with Crippen LogP contribution in [0.1, 0.15) is 0 Å². The van der Waals surface area contributed by atoms with Gasteiger partial charge in [0.2, 0.25) is 0 Å². The molecular formula is C50H31N3O. The van der Waals surface area contributed by atoms with Crippen LogP contribution in [0, 0.1) is 0 Å². The second-order valence-electron chi connectivity index (χ2n) is 13.8. The highest BCUT2D eigenvalue weighted by Gasteiger charge is 2.19. The van der Waals surface area contributed by atoms with E-state index in [0.29, 0.717) is 11.4 Å². The molecule has 0 spiro atoms. The molecule has 252 valence electrons. The average Bonchev–Trinajstić information content (AvgIpc) is 3.79. The third kappa shape index (κ3) is 4.92. The number of hydrogen-bond acceptors (Lipinski definition) is 3. The number of benzene rings is 8. The van der Waals surface area contributed by atoms with Crippen molar-refractivity contribution in [2.45, 2.75) is 0 Å². The maximum Gasteiger partial charge on any atom is 0.180 e. The van der Waals surface area contributed by atoms with Gasteiger partial charge in [-0.3, -0.25) is 0 Å². The highest BCUT2D eigenvalue weighted by molar-refractivity contribution is 6.10. The summed E-state index contributed by atoms with van der Waals surface area (Å²) in [5, 5.41) is 5.86.